The fourth-order valence-electron chi connectivity index (χ4n) is 3.48. The maximum absolute atomic E-state index is 12.5. The summed E-state index contributed by atoms with van der Waals surface area (Å²) in [5, 5.41) is 0. The predicted molar refractivity (Wildman–Crippen MR) is 89.1 cm³/mol. The Morgan fingerprint density at radius 3 is 2.83 bits per heavy atom. The average Bonchev–Trinajstić information content (AvgIpc) is 2.88. The lowest BCUT2D eigenvalue weighted by Gasteiger charge is -2.50. The molecule has 2 fully saturated rings. The normalized spacial score (nSPS) is 22.6. The molecule has 1 N–H and O–H groups in total. The van der Waals surface area contributed by atoms with Gasteiger partial charge in [-0.05, 0) is 37.8 Å². The van der Waals surface area contributed by atoms with Gasteiger partial charge in [0.05, 0.1) is 24.9 Å². The lowest BCUT2D eigenvalue weighted by atomic mass is 9.78. The molecule has 1 aromatic rings. The van der Waals surface area contributed by atoms with Crippen molar-refractivity contribution in [2.75, 3.05) is 32.5 Å². The van der Waals surface area contributed by atoms with Gasteiger partial charge in [-0.25, -0.2) is 13.1 Å². The zero-order valence-corrected chi connectivity index (χ0v) is 14.8. The van der Waals surface area contributed by atoms with Crippen LogP contribution in [0.15, 0.2) is 18.3 Å². The number of sulfonamides is 1. The van der Waals surface area contributed by atoms with Crippen LogP contribution in [0.2, 0.25) is 0 Å². The van der Waals surface area contributed by atoms with Crippen molar-refractivity contribution in [3.63, 3.8) is 0 Å². The Labute approximate surface area is 142 Å². The Morgan fingerprint density at radius 1 is 1.46 bits per heavy atom. The SMILES string of the molecule is Cc1ccc(C(=O)N2CC3(C2)OCCC3CCNS(C)(=O)=O)cn1. The molecule has 1 unspecified atom stereocenters. The van der Waals surface area contributed by atoms with Gasteiger partial charge in [0.15, 0.2) is 0 Å². The van der Waals surface area contributed by atoms with Crippen LogP contribution >= 0.6 is 0 Å². The van der Waals surface area contributed by atoms with E-state index in [-0.39, 0.29) is 17.4 Å². The Hall–Kier alpha value is -1.51. The second kappa shape index (κ2) is 6.42. The van der Waals surface area contributed by atoms with Gasteiger partial charge in [0.1, 0.15) is 5.60 Å². The summed E-state index contributed by atoms with van der Waals surface area (Å²) in [4.78, 5) is 18.4. The Balaban J connectivity index is 1.57. The maximum atomic E-state index is 12.5. The molecule has 0 aromatic carbocycles. The summed E-state index contributed by atoms with van der Waals surface area (Å²) in [5.41, 5.74) is 1.15. The molecule has 0 saturated carbocycles. The number of pyridine rings is 1. The third kappa shape index (κ3) is 3.60. The van der Waals surface area contributed by atoms with Crippen molar-refractivity contribution in [1.29, 1.82) is 0 Å². The lowest BCUT2D eigenvalue weighted by Crippen LogP contribution is -2.66. The van der Waals surface area contributed by atoms with Crippen molar-refractivity contribution in [3.05, 3.63) is 29.6 Å². The van der Waals surface area contributed by atoms with Gasteiger partial charge in [-0.15, -0.1) is 0 Å². The summed E-state index contributed by atoms with van der Waals surface area (Å²) in [7, 11) is -3.17. The van der Waals surface area contributed by atoms with Gasteiger partial charge < -0.3 is 9.64 Å². The number of hydrogen-bond donors (Lipinski definition) is 1. The number of aryl methyl sites for hydroxylation is 1. The van der Waals surface area contributed by atoms with Gasteiger partial charge in [0, 0.05) is 25.0 Å². The van der Waals surface area contributed by atoms with Gasteiger partial charge in [-0.3, -0.25) is 9.78 Å². The van der Waals surface area contributed by atoms with Crippen molar-refractivity contribution in [2.45, 2.75) is 25.4 Å². The summed E-state index contributed by atoms with van der Waals surface area (Å²) in [6, 6.07) is 3.62. The molecular formula is C16H23N3O4S. The molecule has 0 radical (unpaired) electrons. The molecule has 3 heterocycles. The third-order valence-electron chi connectivity index (χ3n) is 4.82. The number of hydrogen-bond acceptors (Lipinski definition) is 5. The van der Waals surface area contributed by atoms with Crippen LogP contribution in [0.1, 0.15) is 28.9 Å². The number of nitrogens with one attached hydrogen (secondary N) is 1. The first-order chi connectivity index (χ1) is 11.3. The first kappa shape index (κ1) is 17.3. The summed E-state index contributed by atoms with van der Waals surface area (Å²) in [6.07, 6.45) is 4.39. The highest BCUT2D eigenvalue weighted by Crippen LogP contribution is 2.41. The quantitative estimate of drug-likeness (QED) is 0.836. The van der Waals surface area contributed by atoms with Crippen molar-refractivity contribution in [2.24, 2.45) is 5.92 Å². The number of likely N-dealkylation sites (tertiary alicyclic amines) is 1. The van der Waals surface area contributed by atoms with Crippen LogP contribution in [-0.4, -0.2) is 62.3 Å². The number of carbonyl (C=O) groups excluding carboxylic acids is 1. The van der Waals surface area contributed by atoms with Gasteiger partial charge in [0.2, 0.25) is 10.0 Å². The summed E-state index contributed by atoms with van der Waals surface area (Å²) < 4.78 is 30.8. The highest BCUT2D eigenvalue weighted by Gasteiger charge is 2.54. The number of aromatic nitrogens is 1. The monoisotopic (exact) mass is 353 g/mol. The fraction of sp³-hybridized carbons (Fsp3) is 0.625. The van der Waals surface area contributed by atoms with Crippen molar-refractivity contribution < 1.29 is 17.9 Å². The summed E-state index contributed by atoms with van der Waals surface area (Å²) in [5.74, 6) is 0.239. The van der Waals surface area contributed by atoms with Gasteiger partial charge in [0.25, 0.3) is 5.91 Å². The van der Waals surface area contributed by atoms with E-state index >= 15 is 0 Å². The standard InChI is InChI=1S/C16H23N3O4S/c1-12-3-4-13(9-17-12)15(20)19-10-16(11-19)14(6-8-23-16)5-7-18-24(2,21)22/h3-4,9,14,18H,5-8,10-11H2,1-2H3. The molecule has 24 heavy (non-hydrogen) atoms. The molecule has 1 atom stereocenters. The summed E-state index contributed by atoms with van der Waals surface area (Å²) >= 11 is 0. The molecule has 132 valence electrons. The molecule has 3 rings (SSSR count). The summed E-state index contributed by atoms with van der Waals surface area (Å²) in [6.45, 7) is 4.07. The fourth-order valence-corrected chi connectivity index (χ4v) is 3.97. The molecule has 1 spiro atoms. The molecule has 2 saturated heterocycles. The Morgan fingerprint density at radius 2 is 2.21 bits per heavy atom. The molecule has 7 nitrogen and oxygen atoms in total. The molecule has 8 heteroatoms. The Bertz CT molecular complexity index is 711. The molecule has 0 bridgehead atoms. The first-order valence-corrected chi connectivity index (χ1v) is 9.99. The highest BCUT2D eigenvalue weighted by atomic mass is 32.2. The van der Waals surface area contributed by atoms with Crippen LogP contribution in [0.25, 0.3) is 0 Å². The zero-order valence-electron chi connectivity index (χ0n) is 14.0. The molecular weight excluding hydrogens is 330 g/mol. The van der Waals surface area contributed by atoms with Crippen molar-refractivity contribution in [3.8, 4) is 0 Å². The van der Waals surface area contributed by atoms with E-state index in [1.54, 1.807) is 17.2 Å². The molecule has 2 aliphatic rings. The van der Waals surface area contributed by atoms with Crippen molar-refractivity contribution >= 4 is 15.9 Å². The predicted octanol–water partition coefficient (Wildman–Crippen LogP) is 0.560. The van der Waals surface area contributed by atoms with Crippen LogP contribution in [0.3, 0.4) is 0 Å². The minimum Gasteiger partial charge on any atom is -0.371 e. The number of ether oxygens (including phenoxy) is 1. The van der Waals surface area contributed by atoms with Gasteiger partial charge in [-0.2, -0.15) is 0 Å². The lowest BCUT2D eigenvalue weighted by molar-refractivity contribution is -0.117. The van der Waals surface area contributed by atoms with E-state index in [0.717, 1.165) is 24.8 Å². The maximum Gasteiger partial charge on any atom is 0.255 e. The number of rotatable bonds is 5. The molecule has 1 aromatic heterocycles. The Kier molecular flexibility index (Phi) is 4.63. The molecule has 1 amide bonds. The van der Waals surface area contributed by atoms with Crippen molar-refractivity contribution in [1.82, 2.24) is 14.6 Å². The minimum atomic E-state index is -3.17. The van der Waals surface area contributed by atoms with Crippen LogP contribution < -0.4 is 4.72 Å². The van der Waals surface area contributed by atoms with E-state index in [2.05, 4.69) is 9.71 Å². The largest absolute Gasteiger partial charge is 0.371 e. The van der Waals surface area contributed by atoms with E-state index in [4.69, 9.17) is 4.74 Å². The van der Waals surface area contributed by atoms with E-state index in [0.29, 0.717) is 31.8 Å². The number of nitrogens with zero attached hydrogens (tertiary/aromatic N) is 2. The van der Waals surface area contributed by atoms with Gasteiger partial charge >= 0.3 is 0 Å². The van der Waals surface area contributed by atoms with E-state index in [9.17, 15) is 13.2 Å². The average molecular weight is 353 g/mol. The number of carbonyl (C=O) groups is 1. The highest BCUT2D eigenvalue weighted by molar-refractivity contribution is 7.88. The second-order valence-electron chi connectivity index (χ2n) is 6.70. The van der Waals surface area contributed by atoms with E-state index in [1.165, 1.54) is 0 Å². The zero-order chi connectivity index (χ0) is 17.4. The van der Waals surface area contributed by atoms with Gasteiger partial charge in [-0.1, -0.05) is 0 Å². The molecule has 2 aliphatic heterocycles. The van der Waals surface area contributed by atoms with E-state index < -0.39 is 10.0 Å². The smallest absolute Gasteiger partial charge is 0.255 e. The third-order valence-corrected chi connectivity index (χ3v) is 5.55. The second-order valence-corrected chi connectivity index (χ2v) is 8.54. The minimum absolute atomic E-state index is 0.0309. The number of amides is 1. The van der Waals surface area contributed by atoms with Crippen LogP contribution in [0.5, 0.6) is 0 Å². The van der Waals surface area contributed by atoms with Crippen LogP contribution in [0.4, 0.5) is 0 Å². The molecule has 0 aliphatic carbocycles. The topological polar surface area (TPSA) is 88.6 Å². The van der Waals surface area contributed by atoms with Crippen LogP contribution in [0, 0.1) is 12.8 Å². The first-order valence-electron chi connectivity index (χ1n) is 8.10. The van der Waals surface area contributed by atoms with E-state index in [1.807, 2.05) is 13.0 Å². The van der Waals surface area contributed by atoms with Crippen LogP contribution in [-0.2, 0) is 14.8 Å².